The number of hydrogen-bond acceptors (Lipinski definition) is 3. The molecule has 1 aromatic carbocycles. The predicted molar refractivity (Wildman–Crippen MR) is 74.5 cm³/mol. The van der Waals surface area contributed by atoms with Gasteiger partial charge in [-0.3, -0.25) is 0 Å². The van der Waals surface area contributed by atoms with Gasteiger partial charge in [0.05, 0.1) is 6.10 Å². The van der Waals surface area contributed by atoms with E-state index in [0.717, 1.165) is 12.8 Å². The number of thiocarbonyl (C=S) groups is 1. The maximum Gasteiger partial charge on any atom is 0.150 e. The number of anilines is 1. The van der Waals surface area contributed by atoms with Crippen LogP contribution in [0.25, 0.3) is 0 Å². The summed E-state index contributed by atoms with van der Waals surface area (Å²) in [6.07, 6.45) is 1.75. The molecule has 2 rings (SSSR count). The maximum atomic E-state index is 14.0. The Morgan fingerprint density at radius 1 is 1.42 bits per heavy atom. The Hall–Kier alpha value is -1.27. The van der Waals surface area contributed by atoms with Crippen LogP contribution >= 0.6 is 12.2 Å². The lowest BCUT2D eigenvalue weighted by Crippen LogP contribution is -2.40. The smallest absolute Gasteiger partial charge is 0.150 e. The Bertz CT molecular complexity index is 473. The molecule has 1 aromatic rings. The molecule has 19 heavy (non-hydrogen) atoms. The van der Waals surface area contributed by atoms with Crippen molar-refractivity contribution in [1.82, 2.24) is 0 Å². The van der Waals surface area contributed by atoms with Gasteiger partial charge >= 0.3 is 0 Å². The van der Waals surface area contributed by atoms with Crippen LogP contribution in [0.5, 0.6) is 0 Å². The number of methoxy groups -OCH3 is 1. The van der Waals surface area contributed by atoms with E-state index in [-0.39, 0.29) is 22.3 Å². The second-order valence-corrected chi connectivity index (χ2v) is 5.04. The molecular formula is C13H16F2N2OS. The molecule has 0 radical (unpaired) electrons. The molecule has 0 aromatic heterocycles. The molecule has 0 spiro atoms. The van der Waals surface area contributed by atoms with Crippen LogP contribution in [0.2, 0.25) is 0 Å². The number of hydrogen-bond donors (Lipinski definition) is 1. The van der Waals surface area contributed by atoms with E-state index in [9.17, 15) is 8.78 Å². The predicted octanol–water partition coefficient (Wildman–Crippen LogP) is 2.21. The van der Waals surface area contributed by atoms with Gasteiger partial charge in [0.1, 0.15) is 22.3 Å². The van der Waals surface area contributed by atoms with E-state index in [1.165, 1.54) is 12.1 Å². The summed E-state index contributed by atoms with van der Waals surface area (Å²) in [5.74, 6) is -1.28. The normalized spacial score (nSPS) is 19.5. The van der Waals surface area contributed by atoms with Gasteiger partial charge in [0.25, 0.3) is 0 Å². The Morgan fingerprint density at radius 3 is 2.58 bits per heavy atom. The lowest BCUT2D eigenvalue weighted by Gasteiger charge is -2.34. The summed E-state index contributed by atoms with van der Waals surface area (Å²) >= 11 is 4.73. The van der Waals surface area contributed by atoms with Crippen LogP contribution < -0.4 is 10.6 Å². The fourth-order valence-electron chi connectivity index (χ4n) is 2.34. The zero-order valence-corrected chi connectivity index (χ0v) is 11.5. The molecule has 0 bridgehead atoms. The summed E-state index contributed by atoms with van der Waals surface area (Å²) in [4.78, 5) is 1.66. The summed E-state index contributed by atoms with van der Waals surface area (Å²) in [5, 5.41) is 0. The topological polar surface area (TPSA) is 38.5 Å². The van der Waals surface area contributed by atoms with Crippen molar-refractivity contribution in [3.05, 3.63) is 29.3 Å². The summed E-state index contributed by atoms with van der Waals surface area (Å²) in [7, 11) is 1.61. The SMILES string of the molecule is COC1CCCN(c2c(F)cc(C(N)=S)cc2F)C1. The van der Waals surface area contributed by atoms with E-state index in [0.29, 0.717) is 13.1 Å². The highest BCUT2D eigenvalue weighted by atomic mass is 32.1. The molecule has 104 valence electrons. The molecule has 1 aliphatic heterocycles. The highest BCUT2D eigenvalue weighted by Gasteiger charge is 2.25. The van der Waals surface area contributed by atoms with Crippen LogP contribution in [-0.4, -0.2) is 31.3 Å². The van der Waals surface area contributed by atoms with Crippen LogP contribution in [0.1, 0.15) is 18.4 Å². The minimum Gasteiger partial charge on any atom is -0.389 e. The van der Waals surface area contributed by atoms with Gasteiger partial charge in [-0.25, -0.2) is 8.78 Å². The standard InChI is InChI=1S/C13H16F2N2OS/c1-18-9-3-2-4-17(7-9)12-10(14)5-8(13(16)19)6-11(12)15/h5-6,9H,2-4,7H2,1H3,(H2,16,19). The molecule has 0 aliphatic carbocycles. The summed E-state index contributed by atoms with van der Waals surface area (Å²) < 4.78 is 33.4. The lowest BCUT2D eigenvalue weighted by atomic mass is 10.1. The van der Waals surface area contributed by atoms with Crippen molar-refractivity contribution in [2.24, 2.45) is 5.73 Å². The second kappa shape index (κ2) is 5.79. The van der Waals surface area contributed by atoms with Crippen LogP contribution in [-0.2, 0) is 4.74 Å². The first-order valence-corrected chi connectivity index (χ1v) is 6.50. The third-order valence-corrected chi connectivity index (χ3v) is 3.56. The van der Waals surface area contributed by atoms with Gasteiger partial charge in [-0.2, -0.15) is 0 Å². The molecule has 1 atom stereocenters. The number of rotatable bonds is 3. The van der Waals surface area contributed by atoms with Gasteiger partial charge in [-0.05, 0) is 25.0 Å². The van der Waals surface area contributed by atoms with E-state index >= 15 is 0 Å². The molecule has 6 heteroatoms. The summed E-state index contributed by atoms with van der Waals surface area (Å²) in [6.45, 7) is 1.09. The van der Waals surface area contributed by atoms with Crippen molar-refractivity contribution in [1.29, 1.82) is 0 Å². The molecule has 2 N–H and O–H groups in total. The van der Waals surface area contributed by atoms with Crippen molar-refractivity contribution >= 4 is 22.9 Å². The van der Waals surface area contributed by atoms with Crippen molar-refractivity contribution in [2.75, 3.05) is 25.1 Å². The molecule has 1 aliphatic rings. The Morgan fingerprint density at radius 2 is 2.05 bits per heavy atom. The van der Waals surface area contributed by atoms with Gasteiger partial charge < -0.3 is 15.4 Å². The highest BCUT2D eigenvalue weighted by Crippen LogP contribution is 2.28. The zero-order valence-electron chi connectivity index (χ0n) is 10.7. The largest absolute Gasteiger partial charge is 0.389 e. The number of benzene rings is 1. The van der Waals surface area contributed by atoms with Gasteiger partial charge in [-0.1, -0.05) is 12.2 Å². The molecular weight excluding hydrogens is 270 g/mol. The molecule has 0 saturated carbocycles. The molecule has 1 saturated heterocycles. The third kappa shape index (κ3) is 3.01. The van der Waals surface area contributed by atoms with Gasteiger partial charge in [0.15, 0.2) is 0 Å². The van der Waals surface area contributed by atoms with Crippen molar-refractivity contribution < 1.29 is 13.5 Å². The monoisotopic (exact) mass is 286 g/mol. The highest BCUT2D eigenvalue weighted by molar-refractivity contribution is 7.80. The average Bonchev–Trinajstić information content (AvgIpc) is 2.38. The molecule has 3 nitrogen and oxygen atoms in total. The van der Waals surface area contributed by atoms with Gasteiger partial charge in [0.2, 0.25) is 0 Å². The minimum atomic E-state index is -0.639. The van der Waals surface area contributed by atoms with Crippen LogP contribution in [0.15, 0.2) is 12.1 Å². The Kier molecular flexibility index (Phi) is 4.31. The van der Waals surface area contributed by atoms with E-state index in [1.807, 2.05) is 0 Å². The first-order chi connectivity index (χ1) is 9.02. The quantitative estimate of drug-likeness (QED) is 0.865. The van der Waals surface area contributed by atoms with Gasteiger partial charge in [-0.15, -0.1) is 0 Å². The fourth-order valence-corrected chi connectivity index (χ4v) is 2.46. The van der Waals surface area contributed by atoms with E-state index in [1.54, 1.807) is 12.0 Å². The molecule has 0 amide bonds. The number of nitrogens with zero attached hydrogens (tertiary/aromatic N) is 1. The minimum absolute atomic E-state index is 0.00260. The second-order valence-electron chi connectivity index (χ2n) is 4.60. The van der Waals surface area contributed by atoms with Crippen molar-refractivity contribution in [2.45, 2.75) is 18.9 Å². The number of nitrogens with two attached hydrogens (primary N) is 1. The summed E-state index contributed by atoms with van der Waals surface area (Å²) in [6, 6.07) is 2.36. The van der Waals surface area contributed by atoms with Crippen molar-refractivity contribution in [3.63, 3.8) is 0 Å². The van der Waals surface area contributed by atoms with Gasteiger partial charge in [0, 0.05) is 25.8 Å². The first-order valence-electron chi connectivity index (χ1n) is 6.09. The first kappa shape index (κ1) is 14.1. The maximum absolute atomic E-state index is 14.0. The molecule has 1 fully saturated rings. The fraction of sp³-hybridized carbons (Fsp3) is 0.462. The van der Waals surface area contributed by atoms with Crippen molar-refractivity contribution in [3.8, 4) is 0 Å². The van der Waals surface area contributed by atoms with E-state index in [4.69, 9.17) is 22.7 Å². The average molecular weight is 286 g/mol. The summed E-state index contributed by atoms with van der Waals surface area (Å²) in [5.41, 5.74) is 5.56. The zero-order chi connectivity index (χ0) is 14.0. The Labute approximate surface area is 116 Å². The molecule has 1 unspecified atom stereocenters. The van der Waals surface area contributed by atoms with Crippen LogP contribution in [0.4, 0.5) is 14.5 Å². The number of piperidine rings is 1. The van der Waals surface area contributed by atoms with Crippen LogP contribution in [0.3, 0.4) is 0 Å². The lowest BCUT2D eigenvalue weighted by molar-refractivity contribution is 0.0890. The molecule has 1 heterocycles. The Balaban J connectivity index is 2.31. The van der Waals surface area contributed by atoms with E-state index in [2.05, 4.69) is 0 Å². The van der Waals surface area contributed by atoms with E-state index < -0.39 is 11.6 Å². The van der Waals surface area contributed by atoms with Crippen LogP contribution in [0, 0.1) is 11.6 Å². The number of ether oxygens (including phenoxy) is 1. The third-order valence-electron chi connectivity index (χ3n) is 3.33. The number of halogens is 2.